The van der Waals surface area contributed by atoms with Gasteiger partial charge in [0.2, 0.25) is 0 Å². The van der Waals surface area contributed by atoms with Crippen LogP contribution in [0.4, 0.5) is 0 Å². The first-order chi connectivity index (χ1) is 7.85. The van der Waals surface area contributed by atoms with Crippen LogP contribution in [0.15, 0.2) is 0 Å². The Balaban J connectivity index is 1.60. The number of hydrogen-bond acceptors (Lipinski definition) is 2. The van der Waals surface area contributed by atoms with Gasteiger partial charge in [0.1, 0.15) is 0 Å². The fourth-order valence-corrected chi connectivity index (χ4v) is 3.46. The van der Waals surface area contributed by atoms with Gasteiger partial charge in [-0.05, 0) is 44.3 Å². The van der Waals surface area contributed by atoms with Gasteiger partial charge in [-0.25, -0.2) is 0 Å². The van der Waals surface area contributed by atoms with E-state index < -0.39 is 0 Å². The lowest BCUT2D eigenvalue weighted by Crippen LogP contribution is -2.56. The molecular formula is C14H28N2. The maximum absolute atomic E-state index is 3.41. The quantitative estimate of drug-likeness (QED) is 0.722. The lowest BCUT2D eigenvalue weighted by molar-refractivity contribution is -0.0119. The van der Waals surface area contributed by atoms with Gasteiger partial charge in [0.15, 0.2) is 0 Å². The van der Waals surface area contributed by atoms with E-state index in [1.807, 2.05) is 0 Å². The molecule has 2 nitrogen and oxygen atoms in total. The Labute approximate surface area is 101 Å². The summed E-state index contributed by atoms with van der Waals surface area (Å²) in [7, 11) is 0. The summed E-state index contributed by atoms with van der Waals surface area (Å²) in [6.07, 6.45) is 10.3. The van der Waals surface area contributed by atoms with Crippen LogP contribution in [-0.4, -0.2) is 37.6 Å². The van der Waals surface area contributed by atoms with E-state index in [4.69, 9.17) is 0 Å². The van der Waals surface area contributed by atoms with Crippen LogP contribution in [0.3, 0.4) is 0 Å². The predicted octanol–water partition coefficient (Wildman–Crippen LogP) is 2.64. The average molecular weight is 224 g/mol. The molecule has 1 N–H and O–H groups in total. The minimum atomic E-state index is 0.759. The van der Waals surface area contributed by atoms with Crippen molar-refractivity contribution >= 4 is 0 Å². The predicted molar refractivity (Wildman–Crippen MR) is 69.7 cm³/mol. The molecule has 1 aliphatic carbocycles. The fraction of sp³-hybridized carbons (Fsp3) is 1.00. The highest BCUT2D eigenvalue weighted by molar-refractivity contribution is 4.95. The van der Waals surface area contributed by atoms with Gasteiger partial charge in [0.25, 0.3) is 0 Å². The Bertz CT molecular complexity index is 187. The van der Waals surface area contributed by atoms with Gasteiger partial charge >= 0.3 is 0 Å². The molecular weight excluding hydrogens is 196 g/mol. The molecule has 0 unspecified atom stereocenters. The molecule has 2 aliphatic rings. The molecule has 1 heterocycles. The fourth-order valence-electron chi connectivity index (χ4n) is 3.46. The molecule has 1 saturated carbocycles. The Kier molecular flexibility index (Phi) is 4.66. The van der Waals surface area contributed by atoms with E-state index in [9.17, 15) is 0 Å². The van der Waals surface area contributed by atoms with E-state index in [2.05, 4.69) is 17.1 Å². The van der Waals surface area contributed by atoms with Crippen molar-refractivity contribution in [2.45, 2.75) is 51.9 Å². The summed E-state index contributed by atoms with van der Waals surface area (Å²) in [6, 6.07) is 0. The average Bonchev–Trinajstić information content (AvgIpc) is 2.48. The van der Waals surface area contributed by atoms with Crippen LogP contribution in [0.5, 0.6) is 0 Å². The molecule has 0 radical (unpaired) electrons. The third-order valence-electron chi connectivity index (χ3n) is 4.36. The van der Waals surface area contributed by atoms with Gasteiger partial charge in [0, 0.05) is 13.1 Å². The molecule has 0 bridgehead atoms. The zero-order chi connectivity index (χ0) is 11.3. The Morgan fingerprint density at radius 2 is 1.75 bits per heavy atom. The molecule has 94 valence electrons. The normalized spacial score (nSPS) is 25.3. The third-order valence-corrected chi connectivity index (χ3v) is 4.36. The highest BCUT2D eigenvalue weighted by Gasteiger charge is 2.41. The van der Waals surface area contributed by atoms with Gasteiger partial charge in [-0.1, -0.05) is 32.6 Å². The first-order valence-electron chi connectivity index (χ1n) is 7.28. The van der Waals surface area contributed by atoms with Crippen molar-refractivity contribution in [3.8, 4) is 0 Å². The second-order valence-corrected chi connectivity index (χ2v) is 5.83. The zero-order valence-corrected chi connectivity index (χ0v) is 10.9. The molecule has 0 aromatic rings. The van der Waals surface area contributed by atoms with Gasteiger partial charge in [-0.15, -0.1) is 0 Å². The summed E-state index contributed by atoms with van der Waals surface area (Å²) in [6.45, 7) is 8.61. The van der Waals surface area contributed by atoms with E-state index in [0.717, 1.165) is 12.0 Å². The maximum atomic E-state index is 3.41. The number of likely N-dealkylation sites (tertiary alicyclic amines) is 1. The van der Waals surface area contributed by atoms with E-state index >= 15 is 0 Å². The van der Waals surface area contributed by atoms with Gasteiger partial charge in [-0.2, -0.15) is 0 Å². The second kappa shape index (κ2) is 6.02. The molecule has 0 atom stereocenters. The van der Waals surface area contributed by atoms with Crippen LogP contribution in [0, 0.1) is 5.41 Å². The van der Waals surface area contributed by atoms with Crippen LogP contribution in [0.2, 0.25) is 0 Å². The van der Waals surface area contributed by atoms with Crippen LogP contribution in [0.25, 0.3) is 0 Å². The molecule has 1 aliphatic heterocycles. The van der Waals surface area contributed by atoms with Crippen molar-refractivity contribution in [3.63, 3.8) is 0 Å². The standard InChI is InChI=1S/C14H28N2/c1-2-15-10-7-11-16-12-14(13-16)8-5-3-4-6-9-14/h15H,2-13H2,1H3. The highest BCUT2D eigenvalue weighted by atomic mass is 15.2. The number of nitrogens with zero attached hydrogens (tertiary/aromatic N) is 1. The van der Waals surface area contributed by atoms with Gasteiger partial charge in [0.05, 0.1) is 0 Å². The van der Waals surface area contributed by atoms with Crippen molar-refractivity contribution in [2.75, 3.05) is 32.7 Å². The monoisotopic (exact) mass is 224 g/mol. The van der Waals surface area contributed by atoms with E-state index in [-0.39, 0.29) is 0 Å². The Morgan fingerprint density at radius 1 is 1.06 bits per heavy atom. The van der Waals surface area contributed by atoms with Crippen LogP contribution in [0.1, 0.15) is 51.9 Å². The summed E-state index contributed by atoms with van der Waals surface area (Å²) in [4.78, 5) is 2.67. The zero-order valence-electron chi connectivity index (χ0n) is 10.9. The van der Waals surface area contributed by atoms with Crippen molar-refractivity contribution in [1.29, 1.82) is 0 Å². The SMILES string of the molecule is CCNCCCN1CC2(CCCCCC2)C1. The second-order valence-electron chi connectivity index (χ2n) is 5.83. The van der Waals surface area contributed by atoms with Crippen molar-refractivity contribution in [1.82, 2.24) is 10.2 Å². The van der Waals surface area contributed by atoms with Crippen molar-refractivity contribution < 1.29 is 0 Å². The molecule has 1 saturated heterocycles. The first kappa shape index (κ1) is 12.4. The maximum Gasteiger partial charge on any atom is 0.00505 e. The largest absolute Gasteiger partial charge is 0.317 e. The summed E-state index contributed by atoms with van der Waals surface area (Å²) in [5.41, 5.74) is 0.759. The smallest absolute Gasteiger partial charge is 0.00505 e. The molecule has 16 heavy (non-hydrogen) atoms. The Morgan fingerprint density at radius 3 is 2.38 bits per heavy atom. The molecule has 2 rings (SSSR count). The van der Waals surface area contributed by atoms with E-state index in [0.29, 0.717) is 0 Å². The van der Waals surface area contributed by atoms with E-state index in [1.165, 1.54) is 71.1 Å². The molecule has 1 spiro atoms. The number of hydrogen-bond donors (Lipinski definition) is 1. The molecule has 0 aromatic carbocycles. The summed E-state index contributed by atoms with van der Waals surface area (Å²) in [5.74, 6) is 0. The van der Waals surface area contributed by atoms with Crippen molar-refractivity contribution in [3.05, 3.63) is 0 Å². The summed E-state index contributed by atoms with van der Waals surface area (Å²) < 4.78 is 0. The van der Waals surface area contributed by atoms with Crippen LogP contribution >= 0.6 is 0 Å². The molecule has 2 fully saturated rings. The molecule has 0 aromatic heterocycles. The lowest BCUT2D eigenvalue weighted by atomic mass is 9.73. The van der Waals surface area contributed by atoms with E-state index in [1.54, 1.807) is 0 Å². The summed E-state index contributed by atoms with van der Waals surface area (Å²) in [5, 5.41) is 3.41. The highest BCUT2D eigenvalue weighted by Crippen LogP contribution is 2.42. The number of rotatable bonds is 5. The van der Waals surface area contributed by atoms with Gasteiger partial charge in [-0.3, -0.25) is 0 Å². The lowest BCUT2D eigenvalue weighted by Gasteiger charge is -2.50. The van der Waals surface area contributed by atoms with Gasteiger partial charge < -0.3 is 10.2 Å². The van der Waals surface area contributed by atoms with Crippen LogP contribution < -0.4 is 5.32 Å². The summed E-state index contributed by atoms with van der Waals surface area (Å²) >= 11 is 0. The van der Waals surface area contributed by atoms with Crippen LogP contribution in [-0.2, 0) is 0 Å². The Hall–Kier alpha value is -0.0800. The third kappa shape index (κ3) is 3.21. The minimum Gasteiger partial charge on any atom is -0.317 e. The molecule has 0 amide bonds. The number of nitrogens with one attached hydrogen (secondary N) is 1. The molecule has 2 heteroatoms. The van der Waals surface area contributed by atoms with Crippen molar-refractivity contribution in [2.24, 2.45) is 5.41 Å². The topological polar surface area (TPSA) is 15.3 Å². The minimum absolute atomic E-state index is 0.759. The first-order valence-corrected chi connectivity index (χ1v) is 7.28.